The van der Waals surface area contributed by atoms with Gasteiger partial charge in [0.25, 0.3) is 5.91 Å². The molecule has 1 aliphatic carbocycles. The fourth-order valence-corrected chi connectivity index (χ4v) is 3.07. The second-order valence-electron chi connectivity index (χ2n) is 6.43. The Hall–Kier alpha value is -2.89. The maximum atomic E-state index is 12.3. The summed E-state index contributed by atoms with van der Waals surface area (Å²) in [6, 6.07) is 10.7. The quantitative estimate of drug-likeness (QED) is 0.802. The third-order valence-corrected chi connectivity index (χ3v) is 4.54. The van der Waals surface area contributed by atoms with Crippen molar-refractivity contribution in [2.45, 2.75) is 38.1 Å². The van der Waals surface area contributed by atoms with Crippen LogP contribution in [-0.4, -0.2) is 30.0 Å². The molecule has 0 radical (unpaired) electrons. The molecule has 1 aromatic carbocycles. The van der Waals surface area contributed by atoms with E-state index < -0.39 is 0 Å². The van der Waals surface area contributed by atoms with Gasteiger partial charge in [0.1, 0.15) is 5.82 Å². The Morgan fingerprint density at radius 3 is 2.31 bits per heavy atom. The smallest absolute Gasteiger partial charge is 0.337 e. The van der Waals surface area contributed by atoms with Crippen LogP contribution in [0.15, 0.2) is 42.6 Å². The number of aromatic nitrogens is 1. The van der Waals surface area contributed by atoms with E-state index in [1.807, 2.05) is 0 Å². The highest BCUT2D eigenvalue weighted by Crippen LogP contribution is 2.19. The fourth-order valence-electron chi connectivity index (χ4n) is 3.07. The third-order valence-electron chi connectivity index (χ3n) is 4.54. The van der Waals surface area contributed by atoms with Gasteiger partial charge in [0, 0.05) is 17.9 Å². The number of carbonyl (C=O) groups is 2. The number of benzene rings is 1. The first kappa shape index (κ1) is 17.9. The second-order valence-corrected chi connectivity index (χ2v) is 6.43. The van der Waals surface area contributed by atoms with Gasteiger partial charge in [0.15, 0.2) is 0 Å². The number of nitrogens with zero attached hydrogens (tertiary/aromatic N) is 1. The second kappa shape index (κ2) is 8.47. The number of hydrogen-bond acceptors (Lipinski definition) is 5. The molecule has 1 fully saturated rings. The minimum absolute atomic E-state index is 0.0709. The van der Waals surface area contributed by atoms with Gasteiger partial charge in [0.05, 0.1) is 18.2 Å². The number of anilines is 2. The zero-order valence-electron chi connectivity index (χ0n) is 14.8. The van der Waals surface area contributed by atoms with Gasteiger partial charge in [-0.15, -0.1) is 0 Å². The van der Waals surface area contributed by atoms with Gasteiger partial charge in [-0.2, -0.15) is 0 Å². The number of esters is 1. The Bertz CT molecular complexity index is 751. The number of ether oxygens (including phenoxy) is 1. The summed E-state index contributed by atoms with van der Waals surface area (Å²) in [6.45, 7) is 0. The molecule has 3 rings (SSSR count). The number of methoxy groups -OCH3 is 1. The van der Waals surface area contributed by atoms with E-state index in [1.54, 1.807) is 42.6 Å². The Labute approximate surface area is 153 Å². The van der Waals surface area contributed by atoms with Gasteiger partial charge in [-0.3, -0.25) is 4.79 Å². The van der Waals surface area contributed by atoms with Crippen LogP contribution < -0.4 is 10.6 Å². The number of hydrogen-bond donors (Lipinski definition) is 2. The molecule has 1 saturated carbocycles. The topological polar surface area (TPSA) is 80.3 Å². The molecule has 0 bridgehead atoms. The van der Waals surface area contributed by atoms with Crippen molar-refractivity contribution in [3.8, 4) is 0 Å². The van der Waals surface area contributed by atoms with E-state index in [1.165, 1.54) is 26.4 Å². The van der Waals surface area contributed by atoms with Crippen molar-refractivity contribution in [2.75, 3.05) is 12.4 Å². The molecule has 0 unspecified atom stereocenters. The van der Waals surface area contributed by atoms with E-state index in [4.69, 9.17) is 0 Å². The fraction of sp³-hybridized carbons (Fsp3) is 0.350. The maximum absolute atomic E-state index is 12.3. The molecule has 1 aliphatic rings. The zero-order valence-corrected chi connectivity index (χ0v) is 14.8. The van der Waals surface area contributed by atoms with E-state index in [0.717, 1.165) is 18.5 Å². The lowest BCUT2D eigenvalue weighted by molar-refractivity contribution is 0.0600. The van der Waals surface area contributed by atoms with Crippen LogP contribution in [-0.2, 0) is 4.74 Å². The molecule has 6 nitrogen and oxygen atoms in total. The maximum Gasteiger partial charge on any atom is 0.337 e. The van der Waals surface area contributed by atoms with Crippen molar-refractivity contribution in [3.05, 3.63) is 53.7 Å². The van der Waals surface area contributed by atoms with Crippen molar-refractivity contribution in [3.63, 3.8) is 0 Å². The van der Waals surface area contributed by atoms with Gasteiger partial charge in [-0.1, -0.05) is 19.3 Å². The van der Waals surface area contributed by atoms with Crippen molar-refractivity contribution >= 4 is 23.4 Å². The third kappa shape index (κ3) is 4.59. The number of carbonyl (C=O) groups excluding carboxylic acids is 2. The summed E-state index contributed by atoms with van der Waals surface area (Å²) in [7, 11) is 1.35. The van der Waals surface area contributed by atoms with Crippen molar-refractivity contribution in [1.29, 1.82) is 0 Å². The predicted molar refractivity (Wildman–Crippen MR) is 99.6 cm³/mol. The number of rotatable bonds is 5. The molecular formula is C20H23N3O3. The lowest BCUT2D eigenvalue weighted by Crippen LogP contribution is -2.36. The Morgan fingerprint density at radius 1 is 1.00 bits per heavy atom. The highest BCUT2D eigenvalue weighted by Gasteiger charge is 2.16. The summed E-state index contributed by atoms with van der Waals surface area (Å²) in [6.07, 6.45) is 7.31. The van der Waals surface area contributed by atoms with E-state index >= 15 is 0 Å². The van der Waals surface area contributed by atoms with Crippen LogP contribution in [0, 0.1) is 0 Å². The highest BCUT2D eigenvalue weighted by molar-refractivity contribution is 5.94. The first-order chi connectivity index (χ1) is 12.7. The summed E-state index contributed by atoms with van der Waals surface area (Å²) in [4.78, 5) is 28.0. The van der Waals surface area contributed by atoms with Crippen LogP contribution in [0.3, 0.4) is 0 Å². The number of pyridine rings is 1. The molecule has 26 heavy (non-hydrogen) atoms. The van der Waals surface area contributed by atoms with Gasteiger partial charge >= 0.3 is 5.97 Å². The van der Waals surface area contributed by atoms with Crippen molar-refractivity contribution in [2.24, 2.45) is 0 Å². The predicted octanol–water partition coefficient (Wildman–Crippen LogP) is 3.67. The highest BCUT2D eigenvalue weighted by atomic mass is 16.5. The molecule has 2 N–H and O–H groups in total. The molecule has 1 heterocycles. The standard InChI is InChI=1S/C20H23N3O3/c1-26-20(25)14-7-10-17(11-8-14)22-18-12-9-15(13-21-18)19(24)23-16-5-3-2-4-6-16/h7-13,16H,2-6H2,1H3,(H,21,22)(H,23,24). The average molecular weight is 353 g/mol. The van der Waals surface area contributed by atoms with E-state index in [0.29, 0.717) is 16.9 Å². The lowest BCUT2D eigenvalue weighted by Gasteiger charge is -2.22. The van der Waals surface area contributed by atoms with Crippen LogP contribution in [0.5, 0.6) is 0 Å². The van der Waals surface area contributed by atoms with Gasteiger partial charge in [-0.25, -0.2) is 9.78 Å². The van der Waals surface area contributed by atoms with Crippen LogP contribution in [0.1, 0.15) is 52.8 Å². The Kier molecular flexibility index (Phi) is 5.84. The molecule has 0 aliphatic heterocycles. The van der Waals surface area contributed by atoms with Crippen LogP contribution >= 0.6 is 0 Å². The summed E-state index contributed by atoms with van der Waals surface area (Å²) in [5, 5.41) is 6.22. The molecule has 136 valence electrons. The molecule has 1 amide bonds. The average Bonchev–Trinajstić information content (AvgIpc) is 2.69. The molecule has 0 atom stereocenters. The molecule has 1 aromatic heterocycles. The van der Waals surface area contributed by atoms with E-state index in [2.05, 4.69) is 20.4 Å². The van der Waals surface area contributed by atoms with Gasteiger partial charge in [-0.05, 0) is 49.2 Å². The molecule has 0 saturated heterocycles. The molecular weight excluding hydrogens is 330 g/mol. The van der Waals surface area contributed by atoms with Gasteiger partial charge in [0.2, 0.25) is 0 Å². The SMILES string of the molecule is COC(=O)c1ccc(Nc2ccc(C(=O)NC3CCCCC3)cn2)cc1. The number of amides is 1. The first-order valence-electron chi connectivity index (χ1n) is 8.88. The summed E-state index contributed by atoms with van der Waals surface area (Å²) < 4.78 is 4.67. The zero-order chi connectivity index (χ0) is 18.4. The monoisotopic (exact) mass is 353 g/mol. The van der Waals surface area contributed by atoms with Crippen LogP contribution in [0.2, 0.25) is 0 Å². The van der Waals surface area contributed by atoms with Crippen LogP contribution in [0.25, 0.3) is 0 Å². The minimum Gasteiger partial charge on any atom is -0.465 e. The minimum atomic E-state index is -0.372. The summed E-state index contributed by atoms with van der Waals surface area (Å²) in [5.41, 5.74) is 1.84. The van der Waals surface area contributed by atoms with Crippen molar-refractivity contribution < 1.29 is 14.3 Å². The van der Waals surface area contributed by atoms with Crippen LogP contribution in [0.4, 0.5) is 11.5 Å². The van der Waals surface area contributed by atoms with E-state index in [-0.39, 0.29) is 17.9 Å². The summed E-state index contributed by atoms with van der Waals surface area (Å²) in [5.74, 6) is 0.187. The van der Waals surface area contributed by atoms with E-state index in [9.17, 15) is 9.59 Å². The molecule has 0 spiro atoms. The largest absolute Gasteiger partial charge is 0.465 e. The Morgan fingerprint density at radius 2 is 1.69 bits per heavy atom. The summed E-state index contributed by atoms with van der Waals surface area (Å²) >= 11 is 0. The first-order valence-corrected chi connectivity index (χ1v) is 8.88. The lowest BCUT2D eigenvalue weighted by atomic mass is 9.95. The molecule has 2 aromatic rings. The normalized spacial score (nSPS) is 14.5. The van der Waals surface area contributed by atoms with Crippen molar-refractivity contribution in [1.82, 2.24) is 10.3 Å². The van der Waals surface area contributed by atoms with Gasteiger partial charge < -0.3 is 15.4 Å². The number of nitrogens with one attached hydrogen (secondary N) is 2. The Balaban J connectivity index is 1.58. The molecule has 6 heteroatoms.